The van der Waals surface area contributed by atoms with Crippen molar-refractivity contribution in [1.29, 1.82) is 0 Å². The van der Waals surface area contributed by atoms with Gasteiger partial charge in [-0.15, -0.1) is 0 Å². The van der Waals surface area contributed by atoms with E-state index in [9.17, 15) is 0 Å². The third-order valence-electron chi connectivity index (χ3n) is 5.19. The second-order valence-corrected chi connectivity index (χ2v) is 9.29. The van der Waals surface area contributed by atoms with Gasteiger partial charge in [-0.05, 0) is 57.7 Å². The smallest absolute Gasteiger partial charge is 0.0716 e. The molecule has 0 aliphatic heterocycles. The van der Waals surface area contributed by atoms with Crippen molar-refractivity contribution in [2.75, 3.05) is 0 Å². The van der Waals surface area contributed by atoms with E-state index >= 15 is 0 Å². The highest BCUT2D eigenvalue weighted by atomic mass is 127. The zero-order chi connectivity index (χ0) is 16.1. The molecule has 1 aromatic heterocycles. The molecule has 1 nitrogen and oxygen atoms in total. The molecule has 1 aromatic carbocycles. The minimum Gasteiger partial charge on any atom is -0.252 e. The molecule has 1 heterocycles. The summed E-state index contributed by atoms with van der Waals surface area (Å²) in [4.78, 5) is 5.04. The molecule has 0 spiro atoms. The quantitative estimate of drug-likeness (QED) is 0.525. The van der Waals surface area contributed by atoms with Gasteiger partial charge in [0.05, 0.1) is 5.52 Å². The summed E-state index contributed by atoms with van der Waals surface area (Å²) in [5.74, 6) is 0. The van der Waals surface area contributed by atoms with Crippen LogP contribution in [0.5, 0.6) is 0 Å². The molecule has 0 N–H and O–H groups in total. The van der Waals surface area contributed by atoms with E-state index in [1.54, 1.807) is 0 Å². The standard InChI is InChI=1S/C19H26IN/c1-17(2,3)19(7,18(4,5)6)16-12-11-13-14(20)9-8-10-15(13)21-16/h8-12H,1-7H3. The molecule has 21 heavy (non-hydrogen) atoms. The minimum absolute atomic E-state index is 0.00450. The van der Waals surface area contributed by atoms with Crippen molar-refractivity contribution in [1.82, 2.24) is 4.98 Å². The highest BCUT2D eigenvalue weighted by Gasteiger charge is 2.48. The van der Waals surface area contributed by atoms with Crippen molar-refractivity contribution in [2.24, 2.45) is 10.8 Å². The first kappa shape index (κ1) is 16.7. The van der Waals surface area contributed by atoms with Crippen LogP contribution in [0.3, 0.4) is 0 Å². The van der Waals surface area contributed by atoms with Crippen molar-refractivity contribution in [3.8, 4) is 0 Å². The molecular formula is C19H26IN. The van der Waals surface area contributed by atoms with Crippen molar-refractivity contribution >= 4 is 33.5 Å². The highest BCUT2D eigenvalue weighted by Crippen LogP contribution is 2.52. The molecule has 114 valence electrons. The van der Waals surface area contributed by atoms with Gasteiger partial charge in [0, 0.05) is 20.1 Å². The fraction of sp³-hybridized carbons (Fsp3) is 0.526. The van der Waals surface area contributed by atoms with Gasteiger partial charge in [-0.25, -0.2) is 0 Å². The number of benzene rings is 1. The maximum absolute atomic E-state index is 5.04. The maximum Gasteiger partial charge on any atom is 0.0716 e. The number of halogens is 1. The van der Waals surface area contributed by atoms with Crippen LogP contribution in [0.1, 0.15) is 54.2 Å². The lowest BCUT2D eigenvalue weighted by molar-refractivity contribution is 0.0656. The Labute approximate surface area is 142 Å². The molecule has 0 aliphatic rings. The van der Waals surface area contributed by atoms with Gasteiger partial charge in [0.25, 0.3) is 0 Å². The summed E-state index contributed by atoms with van der Waals surface area (Å²) >= 11 is 2.38. The first-order chi connectivity index (χ1) is 9.48. The molecule has 2 heteroatoms. The van der Waals surface area contributed by atoms with E-state index < -0.39 is 0 Å². The summed E-state index contributed by atoms with van der Waals surface area (Å²) in [5.41, 5.74) is 2.55. The predicted molar refractivity (Wildman–Crippen MR) is 101 cm³/mol. The average Bonchev–Trinajstić information content (AvgIpc) is 2.35. The third-order valence-corrected chi connectivity index (χ3v) is 6.13. The Morgan fingerprint density at radius 1 is 0.810 bits per heavy atom. The van der Waals surface area contributed by atoms with Gasteiger partial charge in [-0.3, -0.25) is 4.98 Å². The summed E-state index contributed by atoms with van der Waals surface area (Å²) in [6.07, 6.45) is 0. The summed E-state index contributed by atoms with van der Waals surface area (Å²) in [6, 6.07) is 10.8. The molecule has 0 aliphatic carbocycles. The zero-order valence-corrected chi connectivity index (χ0v) is 16.4. The molecule has 0 bridgehead atoms. The molecule has 2 rings (SSSR count). The molecule has 0 radical (unpaired) electrons. The van der Waals surface area contributed by atoms with E-state index in [-0.39, 0.29) is 16.2 Å². The minimum atomic E-state index is -0.00450. The lowest BCUT2D eigenvalue weighted by Gasteiger charge is -2.51. The van der Waals surface area contributed by atoms with Gasteiger partial charge in [-0.1, -0.05) is 54.5 Å². The van der Waals surface area contributed by atoms with E-state index in [0.29, 0.717) is 0 Å². The average molecular weight is 395 g/mol. The molecule has 0 fully saturated rings. The van der Waals surface area contributed by atoms with Crippen LogP contribution in [-0.2, 0) is 5.41 Å². The van der Waals surface area contributed by atoms with Gasteiger partial charge in [0.15, 0.2) is 0 Å². The summed E-state index contributed by atoms with van der Waals surface area (Å²) in [6.45, 7) is 16.3. The van der Waals surface area contributed by atoms with Crippen LogP contribution in [0, 0.1) is 14.4 Å². The lowest BCUT2D eigenvalue weighted by Crippen LogP contribution is -2.48. The zero-order valence-electron chi connectivity index (χ0n) is 14.2. The Bertz CT molecular complexity index is 645. The number of hydrogen-bond donors (Lipinski definition) is 0. The SMILES string of the molecule is CC(C)(C)C(C)(c1ccc2c(I)cccc2n1)C(C)(C)C. The molecular weight excluding hydrogens is 369 g/mol. The third kappa shape index (κ3) is 2.71. The number of pyridine rings is 1. The van der Waals surface area contributed by atoms with E-state index in [2.05, 4.69) is 101 Å². The predicted octanol–water partition coefficient (Wildman–Crippen LogP) is 6.19. The first-order valence-electron chi connectivity index (χ1n) is 7.54. The van der Waals surface area contributed by atoms with E-state index in [1.807, 2.05) is 0 Å². The molecule has 0 unspecified atom stereocenters. The van der Waals surface area contributed by atoms with Crippen LogP contribution in [0.4, 0.5) is 0 Å². The molecule has 0 amide bonds. The maximum atomic E-state index is 5.04. The number of nitrogens with zero attached hydrogens (tertiary/aromatic N) is 1. The normalized spacial score (nSPS) is 13.7. The number of fused-ring (bicyclic) bond motifs is 1. The van der Waals surface area contributed by atoms with Crippen LogP contribution in [0.15, 0.2) is 30.3 Å². The number of rotatable bonds is 1. The van der Waals surface area contributed by atoms with Crippen LogP contribution in [-0.4, -0.2) is 4.98 Å². The Balaban J connectivity index is 2.73. The van der Waals surface area contributed by atoms with Gasteiger partial charge in [0.2, 0.25) is 0 Å². The van der Waals surface area contributed by atoms with E-state index in [0.717, 1.165) is 5.52 Å². The van der Waals surface area contributed by atoms with Crippen LogP contribution < -0.4 is 0 Å². The number of aromatic nitrogens is 1. The van der Waals surface area contributed by atoms with Crippen LogP contribution in [0.2, 0.25) is 0 Å². The lowest BCUT2D eigenvalue weighted by atomic mass is 9.53. The van der Waals surface area contributed by atoms with Crippen molar-refractivity contribution in [3.05, 3.63) is 39.6 Å². The summed E-state index contributed by atoms with van der Waals surface area (Å²) in [5, 5.41) is 1.24. The van der Waals surface area contributed by atoms with Gasteiger partial charge in [0.1, 0.15) is 0 Å². The fourth-order valence-electron chi connectivity index (χ4n) is 3.29. The monoisotopic (exact) mass is 395 g/mol. The summed E-state index contributed by atoms with van der Waals surface area (Å²) < 4.78 is 1.26. The van der Waals surface area contributed by atoms with Crippen molar-refractivity contribution < 1.29 is 0 Å². The van der Waals surface area contributed by atoms with E-state index in [1.165, 1.54) is 14.7 Å². The molecule has 0 atom stereocenters. The van der Waals surface area contributed by atoms with Crippen molar-refractivity contribution in [3.63, 3.8) is 0 Å². The molecule has 0 saturated heterocycles. The molecule has 0 saturated carbocycles. The fourth-order valence-corrected chi connectivity index (χ4v) is 3.95. The van der Waals surface area contributed by atoms with Gasteiger partial charge >= 0.3 is 0 Å². The summed E-state index contributed by atoms with van der Waals surface area (Å²) in [7, 11) is 0. The Morgan fingerprint density at radius 3 is 1.90 bits per heavy atom. The van der Waals surface area contributed by atoms with E-state index in [4.69, 9.17) is 4.98 Å². The Hall–Kier alpha value is -0.640. The Kier molecular flexibility index (Phi) is 4.16. The molecule has 2 aromatic rings. The highest BCUT2D eigenvalue weighted by molar-refractivity contribution is 14.1. The largest absolute Gasteiger partial charge is 0.252 e. The van der Waals surface area contributed by atoms with Crippen LogP contribution in [0.25, 0.3) is 10.9 Å². The van der Waals surface area contributed by atoms with Gasteiger partial charge in [-0.2, -0.15) is 0 Å². The van der Waals surface area contributed by atoms with Crippen molar-refractivity contribution in [2.45, 2.75) is 53.9 Å². The number of hydrogen-bond acceptors (Lipinski definition) is 1. The second kappa shape index (κ2) is 5.22. The Morgan fingerprint density at radius 2 is 1.38 bits per heavy atom. The topological polar surface area (TPSA) is 12.9 Å². The van der Waals surface area contributed by atoms with Gasteiger partial charge < -0.3 is 0 Å². The van der Waals surface area contributed by atoms with Crippen LogP contribution >= 0.6 is 22.6 Å². The first-order valence-corrected chi connectivity index (χ1v) is 8.62. The second-order valence-electron chi connectivity index (χ2n) is 8.13.